The van der Waals surface area contributed by atoms with E-state index in [1.807, 2.05) is 6.92 Å². The average molecular weight is 300 g/mol. The molecule has 0 heterocycles. The molecule has 0 aliphatic heterocycles. The van der Waals surface area contributed by atoms with Crippen molar-refractivity contribution >= 4 is 15.9 Å². The molecule has 1 aromatic carbocycles. The van der Waals surface area contributed by atoms with Crippen LogP contribution in [0, 0.1) is 0 Å². The lowest BCUT2D eigenvalue weighted by Crippen LogP contribution is -2.44. The summed E-state index contributed by atoms with van der Waals surface area (Å²) in [7, 11) is -2.22. The van der Waals surface area contributed by atoms with Crippen LogP contribution in [0.15, 0.2) is 29.2 Å². The fourth-order valence-corrected chi connectivity index (χ4v) is 2.71. The summed E-state index contributed by atoms with van der Waals surface area (Å²) >= 11 is 0. The number of ether oxygens (including phenoxy) is 1. The third-order valence-corrected chi connectivity index (χ3v) is 4.20. The van der Waals surface area contributed by atoms with Crippen molar-refractivity contribution in [2.45, 2.75) is 31.2 Å². The zero-order chi connectivity index (χ0) is 15.2. The molecule has 1 amide bonds. The Morgan fingerprint density at radius 3 is 2.40 bits per heavy atom. The Morgan fingerprint density at radius 1 is 1.30 bits per heavy atom. The Hall–Kier alpha value is -1.60. The summed E-state index contributed by atoms with van der Waals surface area (Å²) in [4.78, 5) is 11.7. The van der Waals surface area contributed by atoms with Crippen LogP contribution in [0.2, 0.25) is 0 Å². The van der Waals surface area contributed by atoms with Gasteiger partial charge in [0.25, 0.3) is 0 Å². The molecule has 6 nitrogen and oxygen atoms in total. The molecular weight excluding hydrogens is 280 g/mol. The topological polar surface area (TPSA) is 84.5 Å². The SMILES string of the molecule is CCCNC(=O)C(C)NS(=O)(=O)c1ccc(OC)cc1. The lowest BCUT2D eigenvalue weighted by molar-refractivity contribution is -0.122. The number of amides is 1. The van der Waals surface area contributed by atoms with E-state index in [1.165, 1.54) is 26.2 Å². The molecule has 0 aliphatic rings. The molecule has 112 valence electrons. The first-order valence-electron chi connectivity index (χ1n) is 6.34. The first kappa shape index (κ1) is 16.5. The maximum atomic E-state index is 12.1. The zero-order valence-corrected chi connectivity index (χ0v) is 12.7. The van der Waals surface area contributed by atoms with Gasteiger partial charge in [-0.25, -0.2) is 8.42 Å². The minimum Gasteiger partial charge on any atom is -0.497 e. The number of methoxy groups -OCH3 is 1. The molecule has 0 saturated carbocycles. The van der Waals surface area contributed by atoms with Gasteiger partial charge in [-0.1, -0.05) is 6.92 Å². The van der Waals surface area contributed by atoms with Crippen molar-refractivity contribution in [2.24, 2.45) is 0 Å². The second-order valence-electron chi connectivity index (χ2n) is 4.31. The van der Waals surface area contributed by atoms with E-state index in [9.17, 15) is 13.2 Å². The molecule has 0 aromatic heterocycles. The van der Waals surface area contributed by atoms with Gasteiger partial charge in [0.1, 0.15) is 5.75 Å². The van der Waals surface area contributed by atoms with Gasteiger partial charge in [0.2, 0.25) is 15.9 Å². The summed E-state index contributed by atoms with van der Waals surface area (Å²) in [5.74, 6) is 0.224. The maximum absolute atomic E-state index is 12.1. The second-order valence-corrected chi connectivity index (χ2v) is 6.02. The van der Waals surface area contributed by atoms with Crippen LogP contribution in [0.5, 0.6) is 5.75 Å². The van der Waals surface area contributed by atoms with Gasteiger partial charge in [0.05, 0.1) is 18.0 Å². The number of sulfonamides is 1. The van der Waals surface area contributed by atoms with Crippen molar-refractivity contribution in [3.05, 3.63) is 24.3 Å². The normalized spacial score (nSPS) is 12.8. The van der Waals surface area contributed by atoms with Crippen molar-refractivity contribution in [2.75, 3.05) is 13.7 Å². The molecule has 0 bridgehead atoms. The molecule has 7 heteroatoms. The predicted molar refractivity (Wildman–Crippen MR) is 76.1 cm³/mol. The van der Waals surface area contributed by atoms with Gasteiger partial charge in [-0.05, 0) is 37.6 Å². The highest BCUT2D eigenvalue weighted by Gasteiger charge is 2.21. The predicted octanol–water partition coefficient (Wildman–Crippen LogP) is 0.888. The molecule has 1 unspecified atom stereocenters. The van der Waals surface area contributed by atoms with Gasteiger partial charge in [-0.3, -0.25) is 4.79 Å². The molecule has 0 radical (unpaired) electrons. The van der Waals surface area contributed by atoms with Crippen LogP contribution in [0.1, 0.15) is 20.3 Å². The fourth-order valence-electron chi connectivity index (χ4n) is 1.51. The van der Waals surface area contributed by atoms with E-state index < -0.39 is 16.1 Å². The summed E-state index contributed by atoms with van der Waals surface area (Å²) < 4.78 is 31.5. The van der Waals surface area contributed by atoms with E-state index in [-0.39, 0.29) is 10.8 Å². The largest absolute Gasteiger partial charge is 0.497 e. The Balaban J connectivity index is 2.75. The number of nitrogens with one attached hydrogen (secondary N) is 2. The Labute approximate surface area is 119 Å². The van der Waals surface area contributed by atoms with Crippen molar-refractivity contribution in [1.29, 1.82) is 0 Å². The summed E-state index contributed by atoms with van der Waals surface area (Å²) in [6, 6.07) is 5.14. The fraction of sp³-hybridized carbons (Fsp3) is 0.462. The first-order valence-corrected chi connectivity index (χ1v) is 7.83. The van der Waals surface area contributed by atoms with Crippen LogP contribution in [-0.4, -0.2) is 34.0 Å². The molecule has 0 aliphatic carbocycles. The molecule has 1 aromatic rings. The summed E-state index contributed by atoms with van der Waals surface area (Å²) in [6.45, 7) is 3.95. The van der Waals surface area contributed by atoms with Crippen LogP contribution in [0.25, 0.3) is 0 Å². The van der Waals surface area contributed by atoms with Crippen molar-refractivity contribution in [3.8, 4) is 5.75 Å². The number of benzene rings is 1. The third kappa shape index (κ3) is 4.50. The van der Waals surface area contributed by atoms with E-state index >= 15 is 0 Å². The lowest BCUT2D eigenvalue weighted by atomic mass is 10.3. The van der Waals surface area contributed by atoms with E-state index in [0.29, 0.717) is 12.3 Å². The monoisotopic (exact) mass is 300 g/mol. The van der Waals surface area contributed by atoms with Gasteiger partial charge in [0.15, 0.2) is 0 Å². The van der Waals surface area contributed by atoms with E-state index in [4.69, 9.17) is 4.74 Å². The Bertz CT molecular complexity index is 540. The average Bonchev–Trinajstić information content (AvgIpc) is 2.44. The van der Waals surface area contributed by atoms with E-state index in [2.05, 4.69) is 10.0 Å². The molecule has 0 saturated heterocycles. The standard InChI is InChI=1S/C13H20N2O4S/c1-4-9-14-13(16)10(2)15-20(17,18)12-7-5-11(19-3)6-8-12/h5-8,10,15H,4,9H2,1-3H3,(H,14,16). The zero-order valence-electron chi connectivity index (χ0n) is 11.8. The van der Waals surface area contributed by atoms with Crippen LogP contribution in [0.4, 0.5) is 0 Å². The number of hydrogen-bond acceptors (Lipinski definition) is 4. The molecule has 2 N–H and O–H groups in total. The number of rotatable bonds is 7. The molecule has 1 atom stereocenters. The number of hydrogen-bond donors (Lipinski definition) is 2. The molecule has 0 fully saturated rings. The van der Waals surface area contributed by atoms with Gasteiger partial charge in [-0.2, -0.15) is 4.72 Å². The summed E-state index contributed by atoms with van der Waals surface area (Å²) in [5, 5.41) is 2.64. The highest BCUT2D eigenvalue weighted by atomic mass is 32.2. The van der Waals surface area contributed by atoms with Gasteiger partial charge < -0.3 is 10.1 Å². The molecule has 1 rings (SSSR count). The minimum atomic E-state index is -3.72. The Morgan fingerprint density at radius 2 is 1.90 bits per heavy atom. The minimum absolute atomic E-state index is 0.0911. The lowest BCUT2D eigenvalue weighted by Gasteiger charge is -2.14. The second kappa shape index (κ2) is 7.25. The maximum Gasteiger partial charge on any atom is 0.241 e. The summed E-state index contributed by atoms with van der Waals surface area (Å²) in [5.41, 5.74) is 0. The van der Waals surface area contributed by atoms with Crippen molar-refractivity contribution in [3.63, 3.8) is 0 Å². The Kier molecular flexibility index (Phi) is 5.97. The van der Waals surface area contributed by atoms with Crippen LogP contribution >= 0.6 is 0 Å². The molecular formula is C13H20N2O4S. The van der Waals surface area contributed by atoms with Crippen molar-refractivity contribution < 1.29 is 17.9 Å². The molecule has 20 heavy (non-hydrogen) atoms. The van der Waals surface area contributed by atoms with E-state index in [1.54, 1.807) is 12.1 Å². The van der Waals surface area contributed by atoms with Gasteiger partial charge in [0, 0.05) is 6.54 Å². The van der Waals surface area contributed by atoms with Crippen molar-refractivity contribution in [1.82, 2.24) is 10.0 Å². The van der Waals surface area contributed by atoms with Gasteiger partial charge in [-0.15, -0.1) is 0 Å². The summed E-state index contributed by atoms with van der Waals surface area (Å²) in [6.07, 6.45) is 0.795. The smallest absolute Gasteiger partial charge is 0.241 e. The number of carbonyl (C=O) groups excluding carboxylic acids is 1. The van der Waals surface area contributed by atoms with Crippen LogP contribution in [0.3, 0.4) is 0 Å². The van der Waals surface area contributed by atoms with Gasteiger partial charge >= 0.3 is 0 Å². The highest BCUT2D eigenvalue weighted by molar-refractivity contribution is 7.89. The van der Waals surface area contributed by atoms with E-state index in [0.717, 1.165) is 6.42 Å². The highest BCUT2D eigenvalue weighted by Crippen LogP contribution is 2.15. The quantitative estimate of drug-likeness (QED) is 0.783. The van der Waals surface area contributed by atoms with Crippen LogP contribution < -0.4 is 14.8 Å². The number of carbonyl (C=O) groups is 1. The van der Waals surface area contributed by atoms with Crippen LogP contribution in [-0.2, 0) is 14.8 Å². The first-order chi connectivity index (χ1) is 9.40. The molecule has 0 spiro atoms. The third-order valence-electron chi connectivity index (χ3n) is 2.64.